The van der Waals surface area contributed by atoms with E-state index in [4.69, 9.17) is 21.1 Å². The molecule has 0 radical (unpaired) electrons. The molecule has 0 spiro atoms. The van der Waals surface area contributed by atoms with Crippen molar-refractivity contribution >= 4 is 44.2 Å². The van der Waals surface area contributed by atoms with Crippen LogP contribution in [0.15, 0.2) is 36.4 Å². The lowest BCUT2D eigenvalue weighted by atomic mass is 10.2. The minimum Gasteiger partial charge on any atom is -0.493 e. The Labute approximate surface area is 173 Å². The number of amides is 1. The van der Waals surface area contributed by atoms with E-state index in [0.29, 0.717) is 40.3 Å². The number of likely N-dealkylation sites (N-methyl/N-ethyl adjacent to an activating group) is 1. The molecule has 148 valence electrons. The molecule has 0 bridgehead atoms. The van der Waals surface area contributed by atoms with E-state index in [-0.39, 0.29) is 5.91 Å². The summed E-state index contributed by atoms with van der Waals surface area (Å²) in [7, 11) is 7.11. The number of methoxy groups -OCH3 is 2. The molecule has 0 saturated carbocycles. The molecule has 2 aromatic carbocycles. The molecule has 28 heavy (non-hydrogen) atoms. The third-order valence-corrected chi connectivity index (χ3v) is 5.60. The van der Waals surface area contributed by atoms with Crippen molar-refractivity contribution in [3.63, 3.8) is 0 Å². The van der Waals surface area contributed by atoms with Crippen LogP contribution in [0.1, 0.15) is 10.4 Å². The summed E-state index contributed by atoms with van der Waals surface area (Å²) in [6, 6.07) is 10.7. The first-order valence-electron chi connectivity index (χ1n) is 8.68. The first-order chi connectivity index (χ1) is 13.4. The molecule has 3 aromatic rings. The molecule has 6 nitrogen and oxygen atoms in total. The van der Waals surface area contributed by atoms with Gasteiger partial charge in [0, 0.05) is 25.2 Å². The summed E-state index contributed by atoms with van der Waals surface area (Å²) in [5.41, 5.74) is 1.21. The summed E-state index contributed by atoms with van der Waals surface area (Å²) in [5, 5.41) is 1.03. The Balaban J connectivity index is 2.04. The molecule has 0 aliphatic rings. The number of anilines is 1. The third kappa shape index (κ3) is 4.22. The quantitative estimate of drug-likeness (QED) is 0.575. The number of thiazole rings is 1. The highest BCUT2D eigenvalue weighted by molar-refractivity contribution is 7.22. The highest BCUT2D eigenvalue weighted by Crippen LogP contribution is 2.37. The fraction of sp³-hybridized carbons (Fsp3) is 0.300. The number of rotatable bonds is 7. The standard InChI is InChI=1S/C20H22ClN3O3S/c1-23(2)9-10-24(19(25)13-7-5-6-8-14(13)21)20-22-15-11-16(26-3)17(27-4)12-18(15)28-20/h5-8,11-12H,9-10H2,1-4H3. The van der Waals surface area contributed by atoms with Gasteiger partial charge in [0.25, 0.3) is 5.91 Å². The normalized spacial score (nSPS) is 11.1. The minimum absolute atomic E-state index is 0.176. The summed E-state index contributed by atoms with van der Waals surface area (Å²) in [6.07, 6.45) is 0. The van der Waals surface area contributed by atoms with Crippen molar-refractivity contribution in [2.45, 2.75) is 0 Å². The molecule has 0 fully saturated rings. The van der Waals surface area contributed by atoms with E-state index in [2.05, 4.69) is 4.98 Å². The van der Waals surface area contributed by atoms with Gasteiger partial charge in [-0.3, -0.25) is 9.69 Å². The average Bonchev–Trinajstić information content (AvgIpc) is 3.09. The van der Waals surface area contributed by atoms with Gasteiger partial charge in [-0.05, 0) is 26.2 Å². The summed E-state index contributed by atoms with van der Waals surface area (Å²) in [5.74, 6) is 1.05. The first kappa shape index (κ1) is 20.4. The zero-order chi connectivity index (χ0) is 20.3. The van der Waals surface area contributed by atoms with Crippen LogP contribution in [0.5, 0.6) is 11.5 Å². The van der Waals surface area contributed by atoms with Crippen LogP contribution < -0.4 is 14.4 Å². The zero-order valence-electron chi connectivity index (χ0n) is 16.2. The number of aromatic nitrogens is 1. The highest BCUT2D eigenvalue weighted by Gasteiger charge is 2.23. The second-order valence-corrected chi connectivity index (χ2v) is 7.83. The molecule has 0 unspecified atom stereocenters. The summed E-state index contributed by atoms with van der Waals surface area (Å²) < 4.78 is 11.6. The number of benzene rings is 2. The summed E-state index contributed by atoms with van der Waals surface area (Å²) in [4.78, 5) is 21.6. The van der Waals surface area contributed by atoms with Crippen molar-refractivity contribution in [2.75, 3.05) is 46.3 Å². The number of hydrogen-bond donors (Lipinski definition) is 0. The maximum atomic E-state index is 13.2. The topological polar surface area (TPSA) is 54.9 Å². The van der Waals surface area contributed by atoms with Crippen molar-refractivity contribution in [3.8, 4) is 11.5 Å². The molecule has 1 heterocycles. The molecule has 0 aliphatic carbocycles. The van der Waals surface area contributed by atoms with Gasteiger partial charge in [0.05, 0.1) is 35.0 Å². The van der Waals surface area contributed by atoms with Crippen LogP contribution in [0, 0.1) is 0 Å². The smallest absolute Gasteiger partial charge is 0.261 e. The average molecular weight is 420 g/mol. The van der Waals surface area contributed by atoms with Crippen molar-refractivity contribution in [1.29, 1.82) is 0 Å². The van der Waals surface area contributed by atoms with Crippen molar-refractivity contribution in [1.82, 2.24) is 9.88 Å². The molecule has 1 aromatic heterocycles. The summed E-state index contributed by atoms with van der Waals surface area (Å²) in [6.45, 7) is 1.18. The van der Waals surface area contributed by atoms with Gasteiger partial charge in [-0.1, -0.05) is 35.1 Å². The van der Waals surface area contributed by atoms with Crippen LogP contribution in [0.4, 0.5) is 5.13 Å². The van der Waals surface area contributed by atoms with E-state index in [1.54, 1.807) is 43.4 Å². The lowest BCUT2D eigenvalue weighted by molar-refractivity contribution is 0.0985. The predicted octanol–water partition coefficient (Wildman–Crippen LogP) is 4.18. The van der Waals surface area contributed by atoms with E-state index in [0.717, 1.165) is 10.2 Å². The summed E-state index contributed by atoms with van der Waals surface area (Å²) >= 11 is 7.69. The van der Waals surface area contributed by atoms with E-state index in [1.807, 2.05) is 31.1 Å². The van der Waals surface area contributed by atoms with Crippen molar-refractivity contribution in [2.24, 2.45) is 0 Å². The SMILES string of the molecule is COc1cc2nc(N(CCN(C)C)C(=O)c3ccccc3Cl)sc2cc1OC. The van der Waals surface area contributed by atoms with Crippen LogP contribution in [0.2, 0.25) is 5.02 Å². The lowest BCUT2D eigenvalue weighted by Gasteiger charge is -2.22. The Morgan fingerprint density at radius 2 is 1.79 bits per heavy atom. The van der Waals surface area contributed by atoms with Crippen molar-refractivity contribution in [3.05, 3.63) is 47.0 Å². The lowest BCUT2D eigenvalue weighted by Crippen LogP contribution is -2.36. The van der Waals surface area contributed by atoms with Crippen molar-refractivity contribution < 1.29 is 14.3 Å². The number of carbonyl (C=O) groups is 1. The van der Waals surface area contributed by atoms with E-state index < -0.39 is 0 Å². The highest BCUT2D eigenvalue weighted by atomic mass is 35.5. The molecular weight excluding hydrogens is 398 g/mol. The molecule has 0 atom stereocenters. The maximum absolute atomic E-state index is 13.2. The maximum Gasteiger partial charge on any atom is 0.261 e. The molecule has 8 heteroatoms. The Morgan fingerprint density at radius 3 is 2.43 bits per heavy atom. The predicted molar refractivity (Wildman–Crippen MR) is 114 cm³/mol. The van der Waals surface area contributed by atoms with Gasteiger partial charge in [-0.2, -0.15) is 0 Å². The Morgan fingerprint density at radius 1 is 1.11 bits per heavy atom. The number of carbonyl (C=O) groups excluding carboxylic acids is 1. The van der Waals surface area contributed by atoms with E-state index in [1.165, 1.54) is 11.3 Å². The van der Waals surface area contributed by atoms with Gasteiger partial charge in [0.1, 0.15) is 0 Å². The van der Waals surface area contributed by atoms with Gasteiger partial charge in [-0.15, -0.1) is 0 Å². The largest absolute Gasteiger partial charge is 0.493 e. The Hall–Kier alpha value is -2.35. The molecule has 0 N–H and O–H groups in total. The van der Waals surface area contributed by atoms with Gasteiger partial charge < -0.3 is 14.4 Å². The van der Waals surface area contributed by atoms with Crippen LogP contribution in [-0.4, -0.2) is 57.2 Å². The number of ether oxygens (including phenoxy) is 2. The second kappa shape index (κ2) is 8.77. The number of fused-ring (bicyclic) bond motifs is 1. The first-order valence-corrected chi connectivity index (χ1v) is 9.87. The third-order valence-electron chi connectivity index (χ3n) is 4.23. The van der Waals surface area contributed by atoms with E-state index in [9.17, 15) is 4.79 Å². The zero-order valence-corrected chi connectivity index (χ0v) is 17.8. The fourth-order valence-electron chi connectivity index (χ4n) is 2.72. The van der Waals surface area contributed by atoms with Crippen LogP contribution in [0.3, 0.4) is 0 Å². The van der Waals surface area contributed by atoms with Crippen LogP contribution in [0.25, 0.3) is 10.2 Å². The van der Waals surface area contributed by atoms with Gasteiger partial charge in [0.15, 0.2) is 16.6 Å². The van der Waals surface area contributed by atoms with Crippen LogP contribution in [-0.2, 0) is 0 Å². The molecule has 3 rings (SSSR count). The minimum atomic E-state index is -0.176. The molecule has 0 aliphatic heterocycles. The molecular formula is C20H22ClN3O3S. The number of nitrogens with zero attached hydrogens (tertiary/aromatic N) is 3. The molecule has 0 saturated heterocycles. The fourth-order valence-corrected chi connectivity index (χ4v) is 3.94. The van der Waals surface area contributed by atoms with Crippen LogP contribution >= 0.6 is 22.9 Å². The van der Waals surface area contributed by atoms with E-state index >= 15 is 0 Å². The second-order valence-electron chi connectivity index (χ2n) is 6.41. The van der Waals surface area contributed by atoms with Gasteiger partial charge in [-0.25, -0.2) is 4.98 Å². The Kier molecular flexibility index (Phi) is 6.39. The Bertz CT molecular complexity index is 949. The van der Waals surface area contributed by atoms with Gasteiger partial charge >= 0.3 is 0 Å². The van der Waals surface area contributed by atoms with Gasteiger partial charge in [0.2, 0.25) is 0 Å². The molecule has 1 amide bonds. The monoisotopic (exact) mass is 419 g/mol. The number of halogens is 1. The number of hydrogen-bond acceptors (Lipinski definition) is 6.